The Bertz CT molecular complexity index is 1690. The van der Waals surface area contributed by atoms with Crippen LogP contribution in [0.15, 0.2) is 115 Å². The van der Waals surface area contributed by atoms with E-state index in [4.69, 9.17) is 4.98 Å². The van der Waals surface area contributed by atoms with Gasteiger partial charge in [-0.05, 0) is 70.3 Å². The zero-order valence-electron chi connectivity index (χ0n) is 20.1. The molecule has 1 heteroatoms. The summed E-state index contributed by atoms with van der Waals surface area (Å²) in [6.07, 6.45) is 1.03. The van der Waals surface area contributed by atoms with Gasteiger partial charge in [-0.1, -0.05) is 104 Å². The van der Waals surface area contributed by atoms with Crippen molar-refractivity contribution < 1.29 is 0 Å². The number of fused-ring (bicyclic) bond motifs is 3. The summed E-state index contributed by atoms with van der Waals surface area (Å²) in [6.45, 7) is 4.42. The van der Waals surface area contributed by atoms with Crippen LogP contribution in [0, 0.1) is 6.92 Å². The van der Waals surface area contributed by atoms with Crippen LogP contribution < -0.4 is 0 Å². The lowest BCUT2D eigenvalue weighted by molar-refractivity contribution is 1.14. The fourth-order valence-electron chi connectivity index (χ4n) is 5.06. The van der Waals surface area contributed by atoms with Gasteiger partial charge in [0.1, 0.15) is 0 Å². The molecule has 0 spiro atoms. The van der Waals surface area contributed by atoms with Crippen molar-refractivity contribution in [1.29, 1.82) is 0 Å². The number of benzene rings is 5. The van der Waals surface area contributed by atoms with Gasteiger partial charge in [0, 0.05) is 16.3 Å². The van der Waals surface area contributed by atoms with Crippen molar-refractivity contribution in [2.75, 3.05) is 0 Å². The third kappa shape index (κ3) is 3.90. The Balaban J connectivity index is 1.45. The molecule has 0 fully saturated rings. The van der Waals surface area contributed by atoms with E-state index in [1.165, 1.54) is 49.5 Å². The second kappa shape index (κ2) is 8.85. The van der Waals surface area contributed by atoms with Crippen LogP contribution in [0.4, 0.5) is 0 Å². The summed E-state index contributed by atoms with van der Waals surface area (Å²) in [7, 11) is 0. The van der Waals surface area contributed by atoms with Crippen molar-refractivity contribution in [3.8, 4) is 33.5 Å². The predicted octanol–water partition coefficient (Wildman–Crippen LogP) is 9.26. The Morgan fingerprint density at radius 1 is 0.571 bits per heavy atom. The van der Waals surface area contributed by atoms with Crippen molar-refractivity contribution in [3.63, 3.8) is 0 Å². The van der Waals surface area contributed by atoms with Gasteiger partial charge in [0.05, 0.1) is 11.2 Å². The molecule has 0 radical (unpaired) electrons. The van der Waals surface area contributed by atoms with E-state index in [0.717, 1.165) is 23.2 Å². The molecule has 0 atom stereocenters. The maximum Gasteiger partial charge on any atom is 0.0787 e. The fourth-order valence-corrected chi connectivity index (χ4v) is 5.06. The molecule has 0 saturated heterocycles. The predicted molar refractivity (Wildman–Crippen MR) is 150 cm³/mol. The molecule has 168 valence electrons. The smallest absolute Gasteiger partial charge is 0.0787 e. The lowest BCUT2D eigenvalue weighted by atomic mass is 9.91. The van der Waals surface area contributed by atoms with Crippen LogP contribution in [0.25, 0.3) is 55.2 Å². The zero-order valence-corrected chi connectivity index (χ0v) is 20.1. The summed E-state index contributed by atoms with van der Waals surface area (Å²) in [5.41, 5.74) is 10.9. The number of aromatic nitrogens is 1. The summed E-state index contributed by atoms with van der Waals surface area (Å²) in [4.78, 5) is 5.11. The normalized spacial score (nSPS) is 11.3. The van der Waals surface area contributed by atoms with Crippen LogP contribution in [-0.2, 0) is 6.42 Å². The minimum absolute atomic E-state index is 0.999. The van der Waals surface area contributed by atoms with E-state index in [2.05, 4.69) is 129 Å². The van der Waals surface area contributed by atoms with Crippen LogP contribution in [0.1, 0.15) is 18.1 Å². The third-order valence-electron chi connectivity index (χ3n) is 7.00. The molecule has 0 aliphatic carbocycles. The monoisotopic (exact) mass is 449 g/mol. The van der Waals surface area contributed by atoms with Gasteiger partial charge in [-0.15, -0.1) is 0 Å². The van der Waals surface area contributed by atoms with E-state index in [9.17, 15) is 0 Å². The Hall–Kier alpha value is -4.23. The molecule has 0 aliphatic heterocycles. The molecular formula is C34H27N. The maximum atomic E-state index is 5.11. The second-order valence-corrected chi connectivity index (χ2v) is 9.18. The first-order valence-electron chi connectivity index (χ1n) is 12.3. The summed E-state index contributed by atoms with van der Waals surface area (Å²) < 4.78 is 0. The molecule has 0 unspecified atom stereocenters. The lowest BCUT2D eigenvalue weighted by Crippen LogP contribution is -1.91. The molecule has 6 rings (SSSR count). The number of pyridine rings is 1. The maximum absolute atomic E-state index is 5.11. The number of hydrogen-bond acceptors (Lipinski definition) is 1. The quantitative estimate of drug-likeness (QED) is 0.244. The summed E-state index contributed by atoms with van der Waals surface area (Å²) in [5, 5.41) is 3.58. The van der Waals surface area contributed by atoms with Crippen molar-refractivity contribution >= 4 is 21.7 Å². The van der Waals surface area contributed by atoms with Crippen molar-refractivity contribution in [3.05, 3.63) is 126 Å². The minimum Gasteiger partial charge on any atom is -0.247 e. The van der Waals surface area contributed by atoms with E-state index in [1.54, 1.807) is 0 Å². The largest absolute Gasteiger partial charge is 0.247 e. The first-order chi connectivity index (χ1) is 17.2. The third-order valence-corrected chi connectivity index (χ3v) is 7.00. The lowest BCUT2D eigenvalue weighted by Gasteiger charge is -2.14. The highest BCUT2D eigenvalue weighted by Gasteiger charge is 2.10. The molecular weight excluding hydrogens is 422 g/mol. The number of hydrogen-bond donors (Lipinski definition) is 0. The Labute approximate surface area is 206 Å². The van der Waals surface area contributed by atoms with Gasteiger partial charge in [0.2, 0.25) is 0 Å². The molecule has 0 aliphatic rings. The molecule has 5 aromatic carbocycles. The molecule has 0 N–H and O–H groups in total. The van der Waals surface area contributed by atoms with Crippen molar-refractivity contribution in [2.45, 2.75) is 20.3 Å². The van der Waals surface area contributed by atoms with E-state index in [1.807, 2.05) is 0 Å². The molecule has 35 heavy (non-hydrogen) atoms. The van der Waals surface area contributed by atoms with Gasteiger partial charge < -0.3 is 0 Å². The Morgan fingerprint density at radius 2 is 1.31 bits per heavy atom. The molecule has 1 aromatic heterocycles. The van der Waals surface area contributed by atoms with Crippen LogP contribution in [0.5, 0.6) is 0 Å². The fraction of sp³-hybridized carbons (Fsp3) is 0.0882. The standard InChI is InChI=1S/C34H27N/c1-3-24-9-4-6-13-30(24)32-22-28(16-15-23(32)2)27-11-8-12-29(21-27)33-20-19-26-18-17-25-10-5-7-14-31(25)34(26)35-33/h4-22H,3H2,1-2H3. The zero-order chi connectivity index (χ0) is 23.8. The molecule has 1 nitrogen and oxygen atoms in total. The van der Waals surface area contributed by atoms with Crippen LogP contribution in [-0.4, -0.2) is 4.98 Å². The summed E-state index contributed by atoms with van der Waals surface area (Å²) >= 11 is 0. The molecule has 0 amide bonds. The first kappa shape index (κ1) is 21.3. The molecule has 0 bridgehead atoms. The van der Waals surface area contributed by atoms with Gasteiger partial charge >= 0.3 is 0 Å². The SMILES string of the molecule is CCc1ccccc1-c1cc(-c2cccc(-c3ccc4ccc5ccccc5c4n3)c2)ccc1C. The summed E-state index contributed by atoms with van der Waals surface area (Å²) in [6, 6.07) is 41.4. The Kier molecular flexibility index (Phi) is 5.39. The van der Waals surface area contributed by atoms with E-state index < -0.39 is 0 Å². The van der Waals surface area contributed by atoms with E-state index in [-0.39, 0.29) is 0 Å². The average molecular weight is 450 g/mol. The molecule has 0 saturated carbocycles. The van der Waals surface area contributed by atoms with Crippen LogP contribution in [0.3, 0.4) is 0 Å². The van der Waals surface area contributed by atoms with Gasteiger partial charge in [-0.2, -0.15) is 0 Å². The number of nitrogens with zero attached hydrogens (tertiary/aromatic N) is 1. The van der Waals surface area contributed by atoms with E-state index in [0.29, 0.717) is 0 Å². The van der Waals surface area contributed by atoms with Crippen molar-refractivity contribution in [2.24, 2.45) is 0 Å². The highest BCUT2D eigenvalue weighted by atomic mass is 14.7. The topological polar surface area (TPSA) is 12.9 Å². The first-order valence-corrected chi connectivity index (χ1v) is 12.3. The van der Waals surface area contributed by atoms with Gasteiger partial charge in [-0.25, -0.2) is 4.98 Å². The number of aryl methyl sites for hydroxylation is 2. The highest BCUT2D eigenvalue weighted by Crippen LogP contribution is 2.34. The van der Waals surface area contributed by atoms with Gasteiger partial charge in [-0.3, -0.25) is 0 Å². The molecule has 1 heterocycles. The van der Waals surface area contributed by atoms with Crippen molar-refractivity contribution in [1.82, 2.24) is 4.98 Å². The molecule has 6 aromatic rings. The average Bonchev–Trinajstić information content (AvgIpc) is 2.93. The highest BCUT2D eigenvalue weighted by molar-refractivity contribution is 6.05. The van der Waals surface area contributed by atoms with Gasteiger partial charge in [0.25, 0.3) is 0 Å². The summed E-state index contributed by atoms with van der Waals surface area (Å²) in [5.74, 6) is 0. The van der Waals surface area contributed by atoms with Gasteiger partial charge in [0.15, 0.2) is 0 Å². The van der Waals surface area contributed by atoms with E-state index >= 15 is 0 Å². The van der Waals surface area contributed by atoms with Crippen LogP contribution in [0.2, 0.25) is 0 Å². The second-order valence-electron chi connectivity index (χ2n) is 9.18. The number of rotatable bonds is 4. The van der Waals surface area contributed by atoms with Crippen LogP contribution >= 0.6 is 0 Å². The minimum atomic E-state index is 0.999. The Morgan fingerprint density at radius 3 is 2.23 bits per heavy atom.